The van der Waals surface area contributed by atoms with Crippen molar-refractivity contribution in [2.24, 2.45) is 5.41 Å². The lowest BCUT2D eigenvalue weighted by atomic mass is 9.83. The van der Waals surface area contributed by atoms with Gasteiger partial charge in [0.15, 0.2) is 0 Å². The topological polar surface area (TPSA) is 17.1 Å². The van der Waals surface area contributed by atoms with Crippen molar-refractivity contribution in [3.63, 3.8) is 0 Å². The van der Waals surface area contributed by atoms with Crippen LogP contribution in [0, 0.1) is 5.41 Å². The first kappa shape index (κ1) is 13.1. The Morgan fingerprint density at radius 3 is 2.47 bits per heavy atom. The molecule has 0 N–H and O–H groups in total. The molecule has 0 unspecified atom stereocenters. The Morgan fingerprint density at radius 1 is 1.20 bits per heavy atom. The Morgan fingerprint density at radius 2 is 1.87 bits per heavy atom. The number of Topliss-reactive ketones (excluding diaryl/α,β-unsaturated/α-hetero) is 1. The van der Waals surface area contributed by atoms with E-state index in [4.69, 9.17) is 0 Å². The zero-order chi connectivity index (χ0) is 11.1. The number of thiol groups is 1. The van der Waals surface area contributed by atoms with E-state index in [9.17, 15) is 4.79 Å². The molecule has 0 heterocycles. The van der Waals surface area contributed by atoms with Crippen LogP contribution in [0.1, 0.15) is 64.7 Å². The molecule has 0 radical (unpaired) electrons. The SMILES string of the molecule is CC1(CCC(=O)CCCCS)CCCC1. The summed E-state index contributed by atoms with van der Waals surface area (Å²) in [7, 11) is 0. The van der Waals surface area contributed by atoms with Gasteiger partial charge in [0.1, 0.15) is 5.78 Å². The van der Waals surface area contributed by atoms with Gasteiger partial charge >= 0.3 is 0 Å². The molecule has 1 nitrogen and oxygen atoms in total. The van der Waals surface area contributed by atoms with Gasteiger partial charge in [-0.1, -0.05) is 19.8 Å². The van der Waals surface area contributed by atoms with Crippen molar-refractivity contribution in [1.82, 2.24) is 0 Å². The minimum atomic E-state index is 0.463. The molecule has 0 aromatic rings. The van der Waals surface area contributed by atoms with Crippen LogP contribution in [0.4, 0.5) is 0 Å². The predicted octanol–water partition coefficient (Wildman–Crippen LogP) is 4.02. The second-order valence-electron chi connectivity index (χ2n) is 5.24. The summed E-state index contributed by atoms with van der Waals surface area (Å²) >= 11 is 4.15. The van der Waals surface area contributed by atoms with Crippen molar-refractivity contribution >= 4 is 18.4 Å². The van der Waals surface area contributed by atoms with Crippen molar-refractivity contribution in [1.29, 1.82) is 0 Å². The number of rotatable bonds is 7. The van der Waals surface area contributed by atoms with Gasteiger partial charge in [-0.3, -0.25) is 4.79 Å². The van der Waals surface area contributed by atoms with E-state index in [1.165, 1.54) is 25.7 Å². The normalized spacial score (nSPS) is 19.3. The van der Waals surface area contributed by atoms with Crippen molar-refractivity contribution in [2.75, 3.05) is 5.75 Å². The first-order chi connectivity index (χ1) is 7.16. The number of hydrogen-bond acceptors (Lipinski definition) is 2. The zero-order valence-corrected chi connectivity index (χ0v) is 10.8. The van der Waals surface area contributed by atoms with E-state index in [2.05, 4.69) is 19.6 Å². The molecule has 0 bridgehead atoms. The van der Waals surface area contributed by atoms with Gasteiger partial charge in [-0.05, 0) is 43.3 Å². The fraction of sp³-hybridized carbons (Fsp3) is 0.923. The van der Waals surface area contributed by atoms with E-state index >= 15 is 0 Å². The van der Waals surface area contributed by atoms with E-state index < -0.39 is 0 Å². The van der Waals surface area contributed by atoms with Crippen LogP contribution in [0.2, 0.25) is 0 Å². The fourth-order valence-corrected chi connectivity index (χ4v) is 2.70. The first-order valence-electron chi connectivity index (χ1n) is 6.29. The predicted molar refractivity (Wildman–Crippen MR) is 68.5 cm³/mol. The van der Waals surface area contributed by atoms with Crippen LogP contribution in [0.3, 0.4) is 0 Å². The van der Waals surface area contributed by atoms with Gasteiger partial charge in [0.05, 0.1) is 0 Å². The number of carbonyl (C=O) groups excluding carboxylic acids is 1. The summed E-state index contributed by atoms with van der Waals surface area (Å²) in [6.45, 7) is 2.35. The van der Waals surface area contributed by atoms with Gasteiger partial charge in [-0.2, -0.15) is 12.6 Å². The third-order valence-corrected chi connectivity index (χ3v) is 4.00. The summed E-state index contributed by atoms with van der Waals surface area (Å²) in [6, 6.07) is 0. The maximum atomic E-state index is 11.6. The van der Waals surface area contributed by atoms with Crippen LogP contribution in [0.15, 0.2) is 0 Å². The number of ketones is 1. The highest BCUT2D eigenvalue weighted by atomic mass is 32.1. The van der Waals surface area contributed by atoms with Crippen LogP contribution >= 0.6 is 12.6 Å². The van der Waals surface area contributed by atoms with Crippen LogP contribution < -0.4 is 0 Å². The monoisotopic (exact) mass is 228 g/mol. The first-order valence-corrected chi connectivity index (χ1v) is 6.92. The summed E-state index contributed by atoms with van der Waals surface area (Å²) in [5.74, 6) is 1.37. The molecule has 0 amide bonds. The molecule has 0 aromatic heterocycles. The molecular weight excluding hydrogens is 204 g/mol. The fourth-order valence-electron chi connectivity index (χ4n) is 2.48. The summed E-state index contributed by atoms with van der Waals surface area (Å²) < 4.78 is 0. The lowest BCUT2D eigenvalue weighted by Crippen LogP contribution is -2.13. The van der Waals surface area contributed by atoms with E-state index in [-0.39, 0.29) is 0 Å². The average Bonchev–Trinajstić information content (AvgIpc) is 2.64. The van der Waals surface area contributed by atoms with Crippen molar-refractivity contribution < 1.29 is 4.79 Å². The number of carbonyl (C=O) groups is 1. The van der Waals surface area contributed by atoms with Crippen LogP contribution in [-0.4, -0.2) is 11.5 Å². The van der Waals surface area contributed by atoms with Crippen molar-refractivity contribution in [2.45, 2.75) is 64.7 Å². The van der Waals surface area contributed by atoms with E-state index in [1.807, 2.05) is 0 Å². The molecule has 0 spiro atoms. The molecule has 0 aromatic carbocycles. The zero-order valence-electron chi connectivity index (χ0n) is 9.93. The number of hydrogen-bond donors (Lipinski definition) is 1. The highest BCUT2D eigenvalue weighted by Gasteiger charge is 2.28. The molecule has 0 atom stereocenters. The quantitative estimate of drug-likeness (QED) is 0.514. The maximum absolute atomic E-state index is 11.6. The Bertz CT molecular complexity index is 195. The standard InChI is InChI=1S/C13H24OS/c1-13(8-3-4-9-13)10-7-12(14)6-2-5-11-15/h15H,2-11H2,1H3. The van der Waals surface area contributed by atoms with E-state index in [1.54, 1.807) is 0 Å². The molecular formula is C13H24OS. The molecule has 1 aliphatic rings. The Labute approximate surface area is 99.4 Å². The van der Waals surface area contributed by atoms with Gasteiger partial charge in [-0.25, -0.2) is 0 Å². The molecule has 1 saturated carbocycles. The van der Waals surface area contributed by atoms with Crippen molar-refractivity contribution in [3.05, 3.63) is 0 Å². The minimum absolute atomic E-state index is 0.463. The van der Waals surface area contributed by atoms with Gasteiger partial charge < -0.3 is 0 Å². The lowest BCUT2D eigenvalue weighted by molar-refractivity contribution is -0.119. The Kier molecular flexibility index (Phi) is 5.73. The molecule has 1 rings (SSSR count). The number of unbranched alkanes of at least 4 members (excludes halogenated alkanes) is 1. The van der Waals surface area contributed by atoms with Gasteiger partial charge in [-0.15, -0.1) is 0 Å². The summed E-state index contributed by atoms with van der Waals surface area (Å²) in [5, 5.41) is 0. The average molecular weight is 228 g/mol. The maximum Gasteiger partial charge on any atom is 0.132 e. The molecule has 88 valence electrons. The van der Waals surface area contributed by atoms with E-state index in [0.29, 0.717) is 11.2 Å². The summed E-state index contributed by atoms with van der Waals surface area (Å²) in [6.07, 6.45) is 10.2. The molecule has 1 aliphatic carbocycles. The van der Waals surface area contributed by atoms with Gasteiger partial charge in [0.25, 0.3) is 0 Å². The minimum Gasteiger partial charge on any atom is -0.300 e. The van der Waals surface area contributed by atoms with E-state index in [0.717, 1.165) is 37.9 Å². The molecule has 2 heteroatoms. The Balaban J connectivity index is 2.10. The largest absolute Gasteiger partial charge is 0.300 e. The molecule has 0 saturated heterocycles. The third-order valence-electron chi connectivity index (χ3n) is 3.68. The van der Waals surface area contributed by atoms with Gasteiger partial charge in [0.2, 0.25) is 0 Å². The summed E-state index contributed by atoms with van der Waals surface area (Å²) in [4.78, 5) is 11.6. The second kappa shape index (κ2) is 6.57. The third kappa shape index (κ3) is 5.05. The lowest BCUT2D eigenvalue weighted by Gasteiger charge is -2.22. The summed E-state index contributed by atoms with van der Waals surface area (Å²) in [5.41, 5.74) is 0.485. The van der Waals surface area contributed by atoms with Crippen LogP contribution in [0.5, 0.6) is 0 Å². The molecule has 15 heavy (non-hydrogen) atoms. The highest BCUT2D eigenvalue weighted by Crippen LogP contribution is 2.41. The van der Waals surface area contributed by atoms with Crippen LogP contribution in [0.25, 0.3) is 0 Å². The molecule has 1 fully saturated rings. The molecule has 0 aliphatic heterocycles. The second-order valence-corrected chi connectivity index (χ2v) is 5.68. The van der Waals surface area contributed by atoms with Crippen molar-refractivity contribution in [3.8, 4) is 0 Å². The smallest absolute Gasteiger partial charge is 0.132 e. The Hall–Kier alpha value is 0.0200. The van der Waals surface area contributed by atoms with Crippen LogP contribution in [-0.2, 0) is 4.79 Å². The van der Waals surface area contributed by atoms with Gasteiger partial charge in [0, 0.05) is 12.8 Å². The highest BCUT2D eigenvalue weighted by molar-refractivity contribution is 7.80.